The quantitative estimate of drug-likeness (QED) is 0.839. The van der Waals surface area contributed by atoms with Gasteiger partial charge in [0, 0.05) is 29.1 Å². The molecule has 2 aromatic rings. The molecule has 1 aliphatic heterocycles. The number of aryl methyl sites for hydroxylation is 3. The van der Waals surface area contributed by atoms with Gasteiger partial charge in [0.1, 0.15) is 10.8 Å². The highest BCUT2D eigenvalue weighted by Gasteiger charge is 2.32. The van der Waals surface area contributed by atoms with Crippen LogP contribution in [-0.4, -0.2) is 27.5 Å². The van der Waals surface area contributed by atoms with Crippen LogP contribution in [0.1, 0.15) is 59.9 Å². The Bertz CT molecular complexity index is 702. The molecule has 2 atom stereocenters. The second-order valence-corrected chi connectivity index (χ2v) is 7.67. The van der Waals surface area contributed by atoms with Crippen molar-refractivity contribution >= 4 is 17.2 Å². The first kappa shape index (κ1) is 17.1. The zero-order valence-corrected chi connectivity index (χ0v) is 15.7. The first-order valence-electron chi connectivity index (χ1n) is 8.61. The van der Waals surface area contributed by atoms with Crippen LogP contribution in [0, 0.1) is 26.7 Å². The van der Waals surface area contributed by atoms with Crippen molar-refractivity contribution in [3.63, 3.8) is 0 Å². The molecule has 0 spiro atoms. The van der Waals surface area contributed by atoms with Crippen molar-refractivity contribution in [2.24, 2.45) is 5.92 Å². The number of carbonyl (C=O) groups excluding carboxylic acids is 1. The van der Waals surface area contributed by atoms with E-state index < -0.39 is 0 Å². The van der Waals surface area contributed by atoms with Gasteiger partial charge in [-0.1, -0.05) is 12.1 Å². The highest BCUT2D eigenvalue weighted by molar-refractivity contribution is 7.09. The summed E-state index contributed by atoms with van der Waals surface area (Å²) in [5.74, 6) is 0.953. The van der Waals surface area contributed by atoms with Gasteiger partial charge in [-0.2, -0.15) is 0 Å². The van der Waals surface area contributed by atoms with Crippen LogP contribution in [0.4, 0.5) is 0 Å². The number of aromatic nitrogens is 2. The van der Waals surface area contributed by atoms with Crippen LogP contribution in [0.3, 0.4) is 0 Å². The molecular weight excluding hydrogens is 322 g/mol. The summed E-state index contributed by atoms with van der Waals surface area (Å²) in [5.41, 5.74) is 2.99. The van der Waals surface area contributed by atoms with Crippen LogP contribution in [0.2, 0.25) is 0 Å². The number of hydrogen-bond acceptors (Lipinski definition) is 5. The molecule has 2 aromatic heterocycles. The Labute approximate surface area is 147 Å². The smallest absolute Gasteiger partial charge is 0.226 e. The first-order chi connectivity index (χ1) is 11.5. The third kappa shape index (κ3) is 3.38. The van der Waals surface area contributed by atoms with E-state index in [-0.39, 0.29) is 17.9 Å². The first-order valence-corrected chi connectivity index (χ1v) is 9.49. The summed E-state index contributed by atoms with van der Waals surface area (Å²) in [5, 5.41) is 7.14. The Morgan fingerprint density at radius 1 is 1.42 bits per heavy atom. The molecule has 6 heteroatoms. The second-order valence-electron chi connectivity index (χ2n) is 6.78. The van der Waals surface area contributed by atoms with E-state index in [1.807, 2.05) is 32.6 Å². The van der Waals surface area contributed by atoms with E-state index in [0.717, 1.165) is 53.5 Å². The monoisotopic (exact) mass is 347 g/mol. The van der Waals surface area contributed by atoms with Gasteiger partial charge in [0.15, 0.2) is 0 Å². The fraction of sp³-hybridized carbons (Fsp3) is 0.611. The van der Waals surface area contributed by atoms with Crippen molar-refractivity contribution in [2.75, 3.05) is 6.54 Å². The molecule has 0 N–H and O–H groups in total. The molecule has 0 saturated carbocycles. The standard InChI is InChI=1S/C18H25N3O2S/c1-11(9-15-13(3)20-23-14(15)4)18(22)21-8-6-5-7-16(21)17-19-12(2)10-24-17/h10-11,16H,5-9H2,1-4H3/t11-,16+/m1/s1. The van der Waals surface area contributed by atoms with Gasteiger partial charge in [-0.15, -0.1) is 11.3 Å². The van der Waals surface area contributed by atoms with Gasteiger partial charge in [0.2, 0.25) is 5.91 Å². The van der Waals surface area contributed by atoms with Gasteiger partial charge in [-0.25, -0.2) is 4.98 Å². The highest BCUT2D eigenvalue weighted by atomic mass is 32.1. The lowest BCUT2D eigenvalue weighted by Crippen LogP contribution is -2.41. The van der Waals surface area contributed by atoms with Crippen molar-refractivity contribution in [3.05, 3.63) is 33.1 Å². The van der Waals surface area contributed by atoms with Crippen LogP contribution in [-0.2, 0) is 11.2 Å². The molecule has 1 amide bonds. The summed E-state index contributed by atoms with van der Waals surface area (Å²) in [6.07, 6.45) is 3.92. The van der Waals surface area contributed by atoms with Crippen molar-refractivity contribution in [1.82, 2.24) is 15.0 Å². The fourth-order valence-corrected chi connectivity index (χ4v) is 4.39. The lowest BCUT2D eigenvalue weighted by molar-refractivity contribution is -0.139. The zero-order valence-electron chi connectivity index (χ0n) is 14.8. The second kappa shape index (κ2) is 7.05. The fourth-order valence-electron chi connectivity index (χ4n) is 3.45. The summed E-state index contributed by atoms with van der Waals surface area (Å²) in [7, 11) is 0. The third-order valence-electron chi connectivity index (χ3n) is 4.82. The summed E-state index contributed by atoms with van der Waals surface area (Å²) >= 11 is 1.67. The van der Waals surface area contributed by atoms with E-state index in [1.165, 1.54) is 0 Å². The number of carbonyl (C=O) groups is 1. The van der Waals surface area contributed by atoms with E-state index in [2.05, 4.69) is 15.5 Å². The normalized spacial score (nSPS) is 19.5. The van der Waals surface area contributed by atoms with Gasteiger partial charge < -0.3 is 9.42 Å². The predicted molar refractivity (Wildman–Crippen MR) is 94.0 cm³/mol. The number of piperidine rings is 1. The number of nitrogens with zero attached hydrogens (tertiary/aromatic N) is 3. The summed E-state index contributed by atoms with van der Waals surface area (Å²) in [4.78, 5) is 19.8. The number of hydrogen-bond donors (Lipinski definition) is 0. The highest BCUT2D eigenvalue weighted by Crippen LogP contribution is 2.34. The van der Waals surface area contributed by atoms with Gasteiger partial charge in [0.25, 0.3) is 0 Å². The minimum absolute atomic E-state index is 0.0801. The number of rotatable bonds is 4. The molecule has 1 saturated heterocycles. The summed E-state index contributed by atoms with van der Waals surface area (Å²) in [6, 6.07) is 0.136. The van der Waals surface area contributed by atoms with Crippen LogP contribution in [0.5, 0.6) is 0 Å². The molecule has 24 heavy (non-hydrogen) atoms. The molecule has 130 valence electrons. The molecule has 3 rings (SSSR count). The van der Waals surface area contributed by atoms with E-state index >= 15 is 0 Å². The molecule has 1 aliphatic rings. The maximum atomic E-state index is 13.1. The minimum Gasteiger partial charge on any atom is -0.361 e. The zero-order chi connectivity index (χ0) is 17.3. The van der Waals surface area contributed by atoms with Gasteiger partial charge in [0.05, 0.1) is 11.7 Å². The molecular formula is C18H25N3O2S. The molecule has 1 fully saturated rings. The third-order valence-corrected chi connectivity index (χ3v) is 5.88. The maximum absolute atomic E-state index is 13.1. The van der Waals surface area contributed by atoms with Crippen molar-refractivity contribution in [1.29, 1.82) is 0 Å². The molecule has 0 aliphatic carbocycles. The van der Waals surface area contributed by atoms with Crippen LogP contribution >= 0.6 is 11.3 Å². The van der Waals surface area contributed by atoms with Crippen molar-refractivity contribution in [3.8, 4) is 0 Å². The Morgan fingerprint density at radius 3 is 2.83 bits per heavy atom. The van der Waals surface area contributed by atoms with Gasteiger partial charge in [-0.3, -0.25) is 4.79 Å². The van der Waals surface area contributed by atoms with Crippen molar-refractivity contribution < 1.29 is 9.32 Å². The van der Waals surface area contributed by atoms with E-state index in [0.29, 0.717) is 6.42 Å². The Hall–Kier alpha value is -1.69. The molecule has 5 nitrogen and oxygen atoms in total. The van der Waals surface area contributed by atoms with E-state index in [9.17, 15) is 4.79 Å². The topological polar surface area (TPSA) is 59.2 Å². The average molecular weight is 347 g/mol. The minimum atomic E-state index is -0.0801. The van der Waals surface area contributed by atoms with E-state index in [4.69, 9.17) is 4.52 Å². The maximum Gasteiger partial charge on any atom is 0.226 e. The van der Waals surface area contributed by atoms with Crippen LogP contribution in [0.15, 0.2) is 9.90 Å². The van der Waals surface area contributed by atoms with Crippen LogP contribution in [0.25, 0.3) is 0 Å². The molecule has 0 radical (unpaired) electrons. The Morgan fingerprint density at radius 2 is 2.21 bits per heavy atom. The number of likely N-dealkylation sites (tertiary alicyclic amines) is 1. The largest absolute Gasteiger partial charge is 0.361 e. The number of thiazole rings is 1. The van der Waals surface area contributed by atoms with Crippen LogP contribution < -0.4 is 0 Å². The Kier molecular flexibility index (Phi) is 5.04. The summed E-state index contributed by atoms with van der Waals surface area (Å²) in [6.45, 7) is 8.69. The SMILES string of the molecule is Cc1csc([C@@H]2CCCCN2C(=O)[C@H](C)Cc2c(C)noc2C)n1. The lowest BCUT2D eigenvalue weighted by atomic mass is 9.95. The molecule has 0 aromatic carbocycles. The van der Waals surface area contributed by atoms with Crippen molar-refractivity contribution in [2.45, 2.75) is 59.4 Å². The predicted octanol–water partition coefficient (Wildman–Crippen LogP) is 3.99. The summed E-state index contributed by atoms with van der Waals surface area (Å²) < 4.78 is 5.23. The van der Waals surface area contributed by atoms with Gasteiger partial charge in [-0.05, 0) is 46.5 Å². The lowest BCUT2D eigenvalue weighted by Gasteiger charge is -2.36. The molecule has 3 heterocycles. The molecule has 0 bridgehead atoms. The molecule has 0 unspecified atom stereocenters. The Balaban J connectivity index is 1.76. The van der Waals surface area contributed by atoms with Gasteiger partial charge >= 0.3 is 0 Å². The van der Waals surface area contributed by atoms with E-state index in [1.54, 1.807) is 11.3 Å². The average Bonchev–Trinajstić information content (AvgIpc) is 3.14. The number of amides is 1.